The van der Waals surface area contributed by atoms with Gasteiger partial charge in [-0.25, -0.2) is 0 Å². The fourth-order valence-electron chi connectivity index (χ4n) is 4.03. The van der Waals surface area contributed by atoms with E-state index in [1.165, 1.54) is 27.8 Å². The summed E-state index contributed by atoms with van der Waals surface area (Å²) in [6.07, 6.45) is 4.70. The number of para-hydroxylation sites is 1. The monoisotopic (exact) mass is 380 g/mol. The van der Waals surface area contributed by atoms with Crippen molar-refractivity contribution in [2.75, 3.05) is 11.9 Å². The molecule has 0 unspecified atom stereocenters. The number of fused-ring (bicyclic) bond motifs is 2. The first kappa shape index (κ1) is 17.8. The van der Waals surface area contributed by atoms with E-state index in [4.69, 9.17) is 4.98 Å². The lowest BCUT2D eigenvalue weighted by Crippen LogP contribution is -2.20. The highest BCUT2D eigenvalue weighted by Crippen LogP contribution is 2.29. The molecule has 5 rings (SSSR count). The van der Waals surface area contributed by atoms with Crippen LogP contribution in [-0.2, 0) is 26.1 Å². The van der Waals surface area contributed by atoms with E-state index in [9.17, 15) is 0 Å². The number of benzene rings is 2. The van der Waals surface area contributed by atoms with E-state index in [1.54, 1.807) is 0 Å². The zero-order valence-corrected chi connectivity index (χ0v) is 16.4. The van der Waals surface area contributed by atoms with Crippen molar-refractivity contribution in [2.45, 2.75) is 26.1 Å². The van der Waals surface area contributed by atoms with Crippen molar-refractivity contribution in [1.29, 1.82) is 0 Å². The number of nitrogens with zero attached hydrogens (tertiary/aromatic N) is 3. The minimum Gasteiger partial charge on any atom is -0.381 e. The van der Waals surface area contributed by atoms with Crippen LogP contribution >= 0.6 is 0 Å². The first-order valence-electron chi connectivity index (χ1n) is 10.2. The van der Waals surface area contributed by atoms with Crippen LogP contribution in [-0.4, -0.2) is 21.4 Å². The Bertz CT molecular complexity index is 1120. The van der Waals surface area contributed by atoms with Crippen molar-refractivity contribution in [3.63, 3.8) is 0 Å². The summed E-state index contributed by atoms with van der Waals surface area (Å²) in [5, 5.41) is 4.80. The van der Waals surface area contributed by atoms with Gasteiger partial charge in [0.15, 0.2) is 0 Å². The molecule has 2 aromatic heterocycles. The molecule has 4 aromatic rings. The predicted octanol–water partition coefficient (Wildman–Crippen LogP) is 4.80. The van der Waals surface area contributed by atoms with Crippen molar-refractivity contribution in [1.82, 2.24) is 14.9 Å². The second kappa shape index (κ2) is 8.02. The molecule has 0 fully saturated rings. The van der Waals surface area contributed by atoms with Gasteiger partial charge in [0.1, 0.15) is 0 Å². The van der Waals surface area contributed by atoms with Crippen LogP contribution in [0, 0.1) is 0 Å². The number of anilines is 1. The van der Waals surface area contributed by atoms with E-state index in [0.717, 1.165) is 43.8 Å². The Labute approximate surface area is 171 Å². The van der Waals surface area contributed by atoms with Gasteiger partial charge in [-0.2, -0.15) is 0 Å². The topological polar surface area (TPSA) is 41.1 Å². The van der Waals surface area contributed by atoms with Crippen molar-refractivity contribution >= 4 is 16.6 Å². The van der Waals surface area contributed by atoms with Gasteiger partial charge in [-0.3, -0.25) is 14.9 Å². The molecule has 0 aliphatic carbocycles. The molecule has 0 atom stereocenters. The predicted molar refractivity (Wildman–Crippen MR) is 118 cm³/mol. The summed E-state index contributed by atoms with van der Waals surface area (Å²) in [4.78, 5) is 11.5. The largest absolute Gasteiger partial charge is 0.381 e. The van der Waals surface area contributed by atoms with Crippen LogP contribution in [0.3, 0.4) is 0 Å². The molecule has 0 saturated carbocycles. The molecule has 0 spiro atoms. The van der Waals surface area contributed by atoms with Crippen LogP contribution in [0.2, 0.25) is 0 Å². The van der Waals surface area contributed by atoms with Crippen molar-refractivity contribution < 1.29 is 0 Å². The van der Waals surface area contributed by atoms with Crippen molar-refractivity contribution in [3.05, 3.63) is 102 Å². The summed E-state index contributed by atoms with van der Waals surface area (Å²) < 4.78 is 0. The van der Waals surface area contributed by atoms with Gasteiger partial charge >= 0.3 is 0 Å². The highest BCUT2D eigenvalue weighted by Gasteiger charge is 2.21. The SMILES string of the molecule is c1cncc(CNc2cccc3c2CN(CCc2ccc4ccccc4n2)C3)c1. The van der Waals surface area contributed by atoms with Crippen LogP contribution in [0.5, 0.6) is 0 Å². The normalized spacial score (nSPS) is 13.5. The average molecular weight is 380 g/mol. The van der Waals surface area contributed by atoms with Crippen LogP contribution in [0.15, 0.2) is 79.1 Å². The van der Waals surface area contributed by atoms with Gasteiger partial charge in [0.05, 0.1) is 5.52 Å². The van der Waals surface area contributed by atoms with Crippen LogP contribution in [0.25, 0.3) is 10.9 Å². The van der Waals surface area contributed by atoms with E-state index >= 15 is 0 Å². The molecule has 1 N–H and O–H groups in total. The summed E-state index contributed by atoms with van der Waals surface area (Å²) in [5.41, 5.74) is 7.52. The number of hydrogen-bond donors (Lipinski definition) is 1. The second-order valence-electron chi connectivity index (χ2n) is 7.61. The maximum atomic E-state index is 4.82. The highest BCUT2D eigenvalue weighted by atomic mass is 15.1. The second-order valence-corrected chi connectivity index (χ2v) is 7.61. The van der Waals surface area contributed by atoms with Crippen LogP contribution in [0.1, 0.15) is 22.4 Å². The number of hydrogen-bond acceptors (Lipinski definition) is 4. The Morgan fingerprint density at radius 1 is 0.897 bits per heavy atom. The minimum absolute atomic E-state index is 0.797. The maximum absolute atomic E-state index is 4.82. The Morgan fingerprint density at radius 2 is 1.86 bits per heavy atom. The zero-order chi connectivity index (χ0) is 19.5. The third-order valence-electron chi connectivity index (χ3n) is 5.59. The van der Waals surface area contributed by atoms with Gasteiger partial charge in [-0.15, -0.1) is 0 Å². The molecular weight excluding hydrogens is 356 g/mol. The van der Waals surface area contributed by atoms with E-state index in [-0.39, 0.29) is 0 Å². The van der Waals surface area contributed by atoms with E-state index in [1.807, 2.05) is 18.5 Å². The Morgan fingerprint density at radius 3 is 2.79 bits per heavy atom. The van der Waals surface area contributed by atoms with E-state index < -0.39 is 0 Å². The van der Waals surface area contributed by atoms with Crippen molar-refractivity contribution in [3.8, 4) is 0 Å². The summed E-state index contributed by atoms with van der Waals surface area (Å²) in [7, 11) is 0. The quantitative estimate of drug-likeness (QED) is 0.522. The molecule has 2 aromatic carbocycles. The average Bonchev–Trinajstić information content (AvgIpc) is 3.20. The summed E-state index contributed by atoms with van der Waals surface area (Å²) in [6, 6.07) is 23.3. The molecular formula is C25H24N4. The first-order chi connectivity index (χ1) is 14.3. The molecule has 4 heteroatoms. The summed E-state index contributed by atoms with van der Waals surface area (Å²) in [5.74, 6) is 0. The molecule has 29 heavy (non-hydrogen) atoms. The minimum atomic E-state index is 0.797. The molecule has 0 bridgehead atoms. The Balaban J connectivity index is 1.23. The fourth-order valence-corrected chi connectivity index (χ4v) is 4.03. The van der Waals surface area contributed by atoms with Gasteiger partial charge in [-0.1, -0.05) is 42.5 Å². The number of pyridine rings is 2. The smallest absolute Gasteiger partial charge is 0.0705 e. The van der Waals surface area contributed by atoms with Gasteiger partial charge in [-0.05, 0) is 41.0 Å². The molecule has 1 aliphatic heterocycles. The number of rotatable bonds is 6. The Hall–Kier alpha value is -3.24. The molecule has 144 valence electrons. The van der Waals surface area contributed by atoms with Gasteiger partial charge in [0, 0.05) is 61.8 Å². The third-order valence-corrected chi connectivity index (χ3v) is 5.59. The maximum Gasteiger partial charge on any atom is 0.0705 e. The van der Waals surface area contributed by atoms with Gasteiger partial charge < -0.3 is 5.32 Å². The summed E-state index contributed by atoms with van der Waals surface area (Å²) >= 11 is 0. The lowest BCUT2D eigenvalue weighted by molar-refractivity contribution is 0.287. The number of aromatic nitrogens is 2. The van der Waals surface area contributed by atoms with Gasteiger partial charge in [0.2, 0.25) is 0 Å². The summed E-state index contributed by atoms with van der Waals surface area (Å²) in [6.45, 7) is 3.80. The molecule has 0 radical (unpaired) electrons. The van der Waals surface area contributed by atoms with Gasteiger partial charge in [0.25, 0.3) is 0 Å². The lowest BCUT2D eigenvalue weighted by Gasteiger charge is -2.15. The third kappa shape index (κ3) is 3.98. The highest BCUT2D eigenvalue weighted by molar-refractivity contribution is 5.78. The molecule has 3 heterocycles. The molecule has 0 saturated heterocycles. The fraction of sp³-hybridized carbons (Fsp3) is 0.200. The van der Waals surface area contributed by atoms with E-state index in [0.29, 0.717) is 0 Å². The number of nitrogens with one attached hydrogen (secondary N) is 1. The molecule has 0 amide bonds. The van der Waals surface area contributed by atoms with Crippen molar-refractivity contribution in [2.24, 2.45) is 0 Å². The van der Waals surface area contributed by atoms with E-state index in [2.05, 4.69) is 75.9 Å². The standard InChI is InChI=1S/C25H24N4/c1-2-8-24-20(6-1)10-11-22(28-24)12-14-29-17-21-7-3-9-25(23(21)18-29)27-16-19-5-4-13-26-15-19/h1-11,13,15,27H,12,14,16-18H2. The van der Waals surface area contributed by atoms with Crippen LogP contribution < -0.4 is 5.32 Å². The Kier molecular flexibility index (Phi) is 4.93. The lowest BCUT2D eigenvalue weighted by atomic mass is 10.1. The van der Waals surface area contributed by atoms with Crippen LogP contribution in [0.4, 0.5) is 5.69 Å². The molecule has 4 nitrogen and oxygen atoms in total. The zero-order valence-electron chi connectivity index (χ0n) is 16.4. The first-order valence-corrected chi connectivity index (χ1v) is 10.2. The molecule has 1 aliphatic rings.